The Bertz CT molecular complexity index is 193. The number of nitrogens with one attached hydrogen (secondary N) is 1. The first-order valence-corrected chi connectivity index (χ1v) is 5.29. The third-order valence-corrected chi connectivity index (χ3v) is 3.48. The molecule has 0 bridgehead atoms. The summed E-state index contributed by atoms with van der Waals surface area (Å²) in [5.41, 5.74) is 0. The van der Waals surface area contributed by atoms with Crippen LogP contribution in [0.2, 0.25) is 0 Å². The molecule has 2 aliphatic rings. The lowest BCUT2D eigenvalue weighted by Gasteiger charge is -2.23. The van der Waals surface area contributed by atoms with Crippen LogP contribution in [0, 0.1) is 11.8 Å². The van der Waals surface area contributed by atoms with Crippen molar-refractivity contribution >= 4 is 12.4 Å². The van der Waals surface area contributed by atoms with Gasteiger partial charge in [-0.15, -0.1) is 12.4 Å². The summed E-state index contributed by atoms with van der Waals surface area (Å²) in [6.45, 7) is 2.79. The SMILES string of the molecule is CCC1C(C2CCCCN2)C1(F)F.Cl. The minimum atomic E-state index is -2.37. The first-order valence-electron chi connectivity index (χ1n) is 5.29. The molecule has 1 nitrogen and oxygen atoms in total. The molecule has 1 saturated carbocycles. The van der Waals surface area contributed by atoms with E-state index >= 15 is 0 Å². The molecule has 1 heterocycles. The van der Waals surface area contributed by atoms with Crippen LogP contribution in [0.25, 0.3) is 0 Å². The predicted molar refractivity (Wildman–Crippen MR) is 55.1 cm³/mol. The minimum Gasteiger partial charge on any atom is -0.313 e. The molecule has 3 unspecified atom stereocenters. The summed E-state index contributed by atoms with van der Waals surface area (Å²) < 4.78 is 26.4. The van der Waals surface area contributed by atoms with Gasteiger partial charge in [-0.05, 0) is 25.8 Å². The summed E-state index contributed by atoms with van der Waals surface area (Å²) in [5, 5.41) is 3.22. The Morgan fingerprint density at radius 2 is 2.07 bits per heavy atom. The molecule has 1 N–H and O–H groups in total. The largest absolute Gasteiger partial charge is 0.313 e. The average molecular weight is 226 g/mol. The molecular weight excluding hydrogens is 208 g/mol. The van der Waals surface area contributed by atoms with Crippen LogP contribution in [0.5, 0.6) is 0 Å². The van der Waals surface area contributed by atoms with E-state index in [-0.39, 0.29) is 30.3 Å². The van der Waals surface area contributed by atoms with Crippen molar-refractivity contribution in [1.82, 2.24) is 5.32 Å². The third kappa shape index (κ3) is 1.89. The smallest absolute Gasteiger partial charge is 0.256 e. The van der Waals surface area contributed by atoms with E-state index in [2.05, 4.69) is 5.32 Å². The van der Waals surface area contributed by atoms with Crippen molar-refractivity contribution in [2.24, 2.45) is 11.8 Å². The summed E-state index contributed by atoms with van der Waals surface area (Å²) in [6.07, 6.45) is 3.82. The Kier molecular flexibility index (Phi) is 3.75. The van der Waals surface area contributed by atoms with Gasteiger partial charge >= 0.3 is 0 Å². The van der Waals surface area contributed by atoms with Gasteiger partial charge in [-0.1, -0.05) is 13.3 Å². The predicted octanol–water partition coefficient (Wildman–Crippen LogP) is 2.84. The fourth-order valence-electron chi connectivity index (χ4n) is 2.68. The van der Waals surface area contributed by atoms with Crippen molar-refractivity contribution in [2.75, 3.05) is 6.54 Å². The van der Waals surface area contributed by atoms with Crippen LogP contribution in [0.3, 0.4) is 0 Å². The lowest BCUT2D eigenvalue weighted by atomic mass is 9.99. The van der Waals surface area contributed by atoms with Gasteiger partial charge in [-0.2, -0.15) is 0 Å². The van der Waals surface area contributed by atoms with E-state index in [9.17, 15) is 8.78 Å². The van der Waals surface area contributed by atoms with Crippen molar-refractivity contribution in [1.29, 1.82) is 0 Å². The molecule has 0 aromatic carbocycles. The van der Waals surface area contributed by atoms with Crippen LogP contribution in [0.15, 0.2) is 0 Å². The first kappa shape index (κ1) is 12.2. The molecule has 0 aromatic rings. The van der Waals surface area contributed by atoms with Gasteiger partial charge in [0.1, 0.15) is 0 Å². The number of hydrogen-bond donors (Lipinski definition) is 1. The second kappa shape index (κ2) is 4.31. The van der Waals surface area contributed by atoms with Gasteiger partial charge in [0.05, 0.1) is 0 Å². The maximum absolute atomic E-state index is 13.2. The second-order valence-electron chi connectivity index (χ2n) is 4.27. The fourth-order valence-corrected chi connectivity index (χ4v) is 2.68. The van der Waals surface area contributed by atoms with Gasteiger partial charge in [-0.3, -0.25) is 0 Å². The van der Waals surface area contributed by atoms with E-state index in [1.807, 2.05) is 6.92 Å². The van der Waals surface area contributed by atoms with Crippen LogP contribution in [-0.4, -0.2) is 18.5 Å². The van der Waals surface area contributed by atoms with Crippen molar-refractivity contribution < 1.29 is 8.78 Å². The van der Waals surface area contributed by atoms with Gasteiger partial charge in [0, 0.05) is 17.9 Å². The van der Waals surface area contributed by atoms with Gasteiger partial charge in [0.25, 0.3) is 5.92 Å². The number of rotatable bonds is 2. The van der Waals surface area contributed by atoms with E-state index in [1.165, 1.54) is 0 Å². The zero-order valence-corrected chi connectivity index (χ0v) is 9.25. The molecule has 1 aliphatic heterocycles. The molecule has 3 atom stereocenters. The van der Waals surface area contributed by atoms with E-state index < -0.39 is 5.92 Å². The van der Waals surface area contributed by atoms with E-state index in [4.69, 9.17) is 0 Å². The third-order valence-electron chi connectivity index (χ3n) is 3.48. The van der Waals surface area contributed by atoms with Crippen LogP contribution in [0.4, 0.5) is 8.78 Å². The van der Waals surface area contributed by atoms with Gasteiger partial charge in [0.15, 0.2) is 0 Å². The lowest BCUT2D eigenvalue weighted by Crippen LogP contribution is -2.37. The number of halogens is 3. The molecule has 14 heavy (non-hydrogen) atoms. The molecule has 84 valence electrons. The van der Waals surface area contributed by atoms with Gasteiger partial charge in [-0.25, -0.2) is 8.78 Å². The maximum Gasteiger partial charge on any atom is 0.256 e. The molecule has 2 rings (SSSR count). The Hall–Kier alpha value is 0.110. The molecule has 4 heteroatoms. The van der Waals surface area contributed by atoms with Crippen LogP contribution >= 0.6 is 12.4 Å². The van der Waals surface area contributed by atoms with Crippen molar-refractivity contribution in [3.05, 3.63) is 0 Å². The van der Waals surface area contributed by atoms with E-state index in [0.29, 0.717) is 6.42 Å². The Labute approximate surface area is 90.0 Å². The number of piperidine rings is 1. The second-order valence-corrected chi connectivity index (χ2v) is 4.27. The summed E-state index contributed by atoms with van der Waals surface area (Å²) in [6, 6.07) is 0.0914. The Morgan fingerprint density at radius 1 is 1.36 bits per heavy atom. The van der Waals surface area contributed by atoms with Crippen LogP contribution in [-0.2, 0) is 0 Å². The molecule has 1 aliphatic carbocycles. The van der Waals surface area contributed by atoms with Crippen LogP contribution < -0.4 is 5.32 Å². The molecular formula is C10H18ClF2N. The molecule has 0 aromatic heterocycles. The van der Waals surface area contributed by atoms with E-state index in [0.717, 1.165) is 25.8 Å². The Balaban J connectivity index is 0.000000980. The summed E-state index contributed by atoms with van der Waals surface area (Å²) in [5.74, 6) is -3.08. The fraction of sp³-hybridized carbons (Fsp3) is 1.00. The average Bonchev–Trinajstić information content (AvgIpc) is 2.69. The first-order chi connectivity index (χ1) is 6.18. The monoisotopic (exact) mass is 225 g/mol. The zero-order valence-electron chi connectivity index (χ0n) is 8.43. The zero-order chi connectivity index (χ0) is 9.47. The molecule has 0 radical (unpaired) electrons. The summed E-state index contributed by atoms with van der Waals surface area (Å²) in [4.78, 5) is 0. The van der Waals surface area contributed by atoms with E-state index in [1.54, 1.807) is 0 Å². The molecule has 0 spiro atoms. The van der Waals surface area contributed by atoms with Crippen molar-refractivity contribution in [3.63, 3.8) is 0 Å². The molecule has 1 saturated heterocycles. The quantitative estimate of drug-likeness (QED) is 0.762. The highest BCUT2D eigenvalue weighted by Crippen LogP contribution is 2.59. The highest BCUT2D eigenvalue weighted by molar-refractivity contribution is 5.85. The topological polar surface area (TPSA) is 12.0 Å². The molecule has 0 amide bonds. The molecule has 2 fully saturated rings. The number of alkyl halides is 2. The Morgan fingerprint density at radius 3 is 2.50 bits per heavy atom. The minimum absolute atomic E-state index is 0. The highest BCUT2D eigenvalue weighted by atomic mass is 35.5. The lowest BCUT2D eigenvalue weighted by molar-refractivity contribution is 0.0746. The maximum atomic E-state index is 13.2. The normalized spacial score (nSPS) is 40.1. The summed E-state index contributed by atoms with van der Waals surface area (Å²) >= 11 is 0. The van der Waals surface area contributed by atoms with Crippen molar-refractivity contribution in [3.8, 4) is 0 Å². The summed E-state index contributed by atoms with van der Waals surface area (Å²) in [7, 11) is 0. The highest BCUT2D eigenvalue weighted by Gasteiger charge is 2.69. The number of hydrogen-bond acceptors (Lipinski definition) is 1. The van der Waals surface area contributed by atoms with Gasteiger partial charge in [0.2, 0.25) is 0 Å². The standard InChI is InChI=1S/C10H17F2N.ClH/c1-2-7-9(10(7,11)12)8-5-3-4-6-13-8;/h7-9,13H,2-6H2,1H3;1H. The van der Waals surface area contributed by atoms with Gasteiger partial charge < -0.3 is 5.32 Å². The van der Waals surface area contributed by atoms with Crippen LogP contribution in [0.1, 0.15) is 32.6 Å². The van der Waals surface area contributed by atoms with Crippen molar-refractivity contribution in [2.45, 2.75) is 44.6 Å².